The Morgan fingerprint density at radius 2 is 1.96 bits per heavy atom. The van der Waals surface area contributed by atoms with Gasteiger partial charge in [0, 0.05) is 11.3 Å². The molecule has 3 nitrogen and oxygen atoms in total. The fraction of sp³-hybridized carbons (Fsp3) is 0.842. The van der Waals surface area contributed by atoms with Gasteiger partial charge < -0.3 is 9.16 Å². The quantitative estimate of drug-likeness (QED) is 0.357. The summed E-state index contributed by atoms with van der Waals surface area (Å²) in [6, 6.07) is 3.48. The van der Waals surface area contributed by atoms with Gasteiger partial charge >= 0.3 is 5.97 Å². The summed E-state index contributed by atoms with van der Waals surface area (Å²) in [5, 5.41) is 0. The zero-order valence-corrected chi connectivity index (χ0v) is 16.6. The Morgan fingerprint density at radius 1 is 1.35 bits per heavy atom. The first-order valence-corrected chi connectivity index (χ1v) is 11.8. The SMILES string of the molecule is C=CC[C@H](O[Si](CC)(CC)CC)[C@@H]1CC(C)(C)[C@@H]2OC(=O)C[C@H]12. The fourth-order valence-electron chi connectivity index (χ4n) is 4.77. The fourth-order valence-corrected chi connectivity index (χ4v) is 7.68. The highest BCUT2D eigenvalue weighted by Crippen LogP contribution is 2.54. The van der Waals surface area contributed by atoms with Crippen LogP contribution in [0.1, 0.15) is 53.9 Å². The highest BCUT2D eigenvalue weighted by atomic mass is 28.4. The molecule has 0 bridgehead atoms. The average Bonchev–Trinajstić information content (AvgIpc) is 3.02. The van der Waals surface area contributed by atoms with Crippen LogP contribution in [0.3, 0.4) is 0 Å². The Bertz CT molecular complexity index is 434. The van der Waals surface area contributed by atoms with Crippen LogP contribution in [0.4, 0.5) is 0 Å². The molecule has 0 aromatic carbocycles. The molecule has 0 aromatic rings. The van der Waals surface area contributed by atoms with Crippen molar-refractivity contribution in [3.8, 4) is 0 Å². The second kappa shape index (κ2) is 7.10. The van der Waals surface area contributed by atoms with Crippen molar-refractivity contribution in [3.63, 3.8) is 0 Å². The molecule has 1 saturated heterocycles. The van der Waals surface area contributed by atoms with E-state index in [0.717, 1.165) is 31.0 Å². The summed E-state index contributed by atoms with van der Waals surface area (Å²) in [4.78, 5) is 11.8. The molecule has 1 aliphatic carbocycles. The van der Waals surface area contributed by atoms with Gasteiger partial charge in [-0.15, -0.1) is 6.58 Å². The van der Waals surface area contributed by atoms with E-state index in [-0.39, 0.29) is 23.6 Å². The summed E-state index contributed by atoms with van der Waals surface area (Å²) in [6.45, 7) is 15.2. The normalized spacial score (nSPS) is 30.8. The molecule has 0 N–H and O–H groups in total. The van der Waals surface area contributed by atoms with Crippen molar-refractivity contribution in [1.29, 1.82) is 0 Å². The molecular weight excluding hydrogens is 304 g/mol. The van der Waals surface area contributed by atoms with Crippen molar-refractivity contribution in [2.45, 2.75) is 84.2 Å². The molecule has 2 fully saturated rings. The Kier molecular flexibility index (Phi) is 5.78. The number of ether oxygens (including phenoxy) is 1. The molecule has 0 aromatic heterocycles. The molecule has 0 spiro atoms. The highest BCUT2D eigenvalue weighted by molar-refractivity contribution is 6.73. The summed E-state index contributed by atoms with van der Waals surface area (Å²) < 4.78 is 12.5. The third kappa shape index (κ3) is 3.58. The molecule has 0 amide bonds. The van der Waals surface area contributed by atoms with Gasteiger partial charge in [-0.1, -0.05) is 40.7 Å². The monoisotopic (exact) mass is 338 g/mol. The highest BCUT2D eigenvalue weighted by Gasteiger charge is 2.57. The molecule has 2 rings (SSSR count). The lowest BCUT2D eigenvalue weighted by atomic mass is 9.87. The van der Waals surface area contributed by atoms with Crippen molar-refractivity contribution >= 4 is 14.3 Å². The zero-order valence-electron chi connectivity index (χ0n) is 15.6. The van der Waals surface area contributed by atoms with Crippen molar-refractivity contribution in [2.75, 3.05) is 0 Å². The van der Waals surface area contributed by atoms with E-state index in [1.54, 1.807) is 0 Å². The van der Waals surface area contributed by atoms with Crippen LogP contribution < -0.4 is 0 Å². The van der Waals surface area contributed by atoms with Gasteiger partial charge in [-0.2, -0.15) is 0 Å². The van der Waals surface area contributed by atoms with Crippen molar-refractivity contribution in [3.05, 3.63) is 12.7 Å². The Balaban J connectivity index is 2.23. The predicted octanol–water partition coefficient (Wildman–Crippen LogP) is 4.93. The Labute approximate surface area is 142 Å². The maximum atomic E-state index is 11.8. The number of esters is 1. The van der Waals surface area contributed by atoms with Crippen LogP contribution in [0.2, 0.25) is 18.1 Å². The van der Waals surface area contributed by atoms with Crippen LogP contribution in [0.25, 0.3) is 0 Å². The molecule has 0 unspecified atom stereocenters. The van der Waals surface area contributed by atoms with E-state index < -0.39 is 8.32 Å². The van der Waals surface area contributed by atoms with Crippen LogP contribution in [0.5, 0.6) is 0 Å². The molecule has 1 aliphatic heterocycles. The lowest BCUT2D eigenvalue weighted by Gasteiger charge is -2.37. The summed E-state index contributed by atoms with van der Waals surface area (Å²) in [5.41, 5.74) is 0.0547. The zero-order chi connectivity index (χ0) is 17.3. The van der Waals surface area contributed by atoms with E-state index in [9.17, 15) is 4.79 Å². The number of hydrogen-bond donors (Lipinski definition) is 0. The van der Waals surface area contributed by atoms with E-state index >= 15 is 0 Å². The second-order valence-corrected chi connectivity index (χ2v) is 12.8. The van der Waals surface area contributed by atoms with Crippen LogP contribution in [0, 0.1) is 17.3 Å². The third-order valence-corrected chi connectivity index (χ3v) is 11.0. The number of hydrogen-bond acceptors (Lipinski definition) is 3. The predicted molar refractivity (Wildman–Crippen MR) is 96.8 cm³/mol. The van der Waals surface area contributed by atoms with Gasteiger partial charge in [-0.05, 0) is 36.9 Å². The second-order valence-electron chi connectivity index (χ2n) is 8.06. The maximum Gasteiger partial charge on any atom is 0.306 e. The minimum Gasteiger partial charge on any atom is -0.461 e. The lowest BCUT2D eigenvalue weighted by Crippen LogP contribution is -2.43. The van der Waals surface area contributed by atoms with Crippen molar-refractivity contribution in [2.24, 2.45) is 17.3 Å². The summed E-state index contributed by atoms with van der Waals surface area (Å²) >= 11 is 0. The smallest absolute Gasteiger partial charge is 0.306 e. The lowest BCUT2D eigenvalue weighted by molar-refractivity contribution is -0.145. The summed E-state index contributed by atoms with van der Waals surface area (Å²) in [6.07, 6.45) is 4.78. The van der Waals surface area contributed by atoms with Crippen LogP contribution in [0.15, 0.2) is 12.7 Å². The molecule has 0 radical (unpaired) electrons. The molecule has 23 heavy (non-hydrogen) atoms. The third-order valence-electron chi connectivity index (χ3n) is 6.34. The first-order chi connectivity index (χ1) is 10.8. The molecular formula is C19H34O3Si. The number of carbonyl (C=O) groups excluding carboxylic acids is 1. The van der Waals surface area contributed by atoms with Crippen LogP contribution in [-0.4, -0.2) is 26.5 Å². The van der Waals surface area contributed by atoms with E-state index in [1.165, 1.54) is 0 Å². The van der Waals surface area contributed by atoms with Gasteiger partial charge in [0.25, 0.3) is 0 Å². The van der Waals surface area contributed by atoms with E-state index in [2.05, 4.69) is 41.2 Å². The Hall–Kier alpha value is -0.613. The minimum atomic E-state index is -1.67. The minimum absolute atomic E-state index is 0.0277. The molecule has 4 heteroatoms. The van der Waals surface area contributed by atoms with Gasteiger partial charge in [0.05, 0.1) is 12.5 Å². The molecule has 132 valence electrons. The van der Waals surface area contributed by atoms with E-state index in [0.29, 0.717) is 18.3 Å². The first kappa shape index (κ1) is 18.7. The van der Waals surface area contributed by atoms with Gasteiger partial charge in [0.15, 0.2) is 8.32 Å². The molecule has 1 saturated carbocycles. The van der Waals surface area contributed by atoms with Gasteiger partial charge in [-0.25, -0.2) is 0 Å². The molecule has 4 atom stereocenters. The summed E-state index contributed by atoms with van der Waals surface area (Å²) in [5.74, 6) is 0.704. The maximum absolute atomic E-state index is 11.8. The average molecular weight is 339 g/mol. The van der Waals surface area contributed by atoms with Crippen LogP contribution >= 0.6 is 0 Å². The first-order valence-electron chi connectivity index (χ1n) is 9.30. The van der Waals surface area contributed by atoms with E-state index in [4.69, 9.17) is 9.16 Å². The Morgan fingerprint density at radius 3 is 2.48 bits per heavy atom. The molecule has 2 aliphatic rings. The molecule has 1 heterocycles. The van der Waals surface area contributed by atoms with Crippen molar-refractivity contribution in [1.82, 2.24) is 0 Å². The van der Waals surface area contributed by atoms with Gasteiger partial charge in [0.1, 0.15) is 6.10 Å². The van der Waals surface area contributed by atoms with Gasteiger partial charge in [-0.3, -0.25) is 4.79 Å². The summed E-state index contributed by atoms with van der Waals surface area (Å²) in [7, 11) is -1.67. The van der Waals surface area contributed by atoms with Gasteiger partial charge in [0.2, 0.25) is 0 Å². The number of carbonyl (C=O) groups is 1. The largest absolute Gasteiger partial charge is 0.461 e. The topological polar surface area (TPSA) is 35.5 Å². The van der Waals surface area contributed by atoms with Crippen molar-refractivity contribution < 1.29 is 14.0 Å². The van der Waals surface area contributed by atoms with Crippen LogP contribution in [-0.2, 0) is 14.0 Å². The number of fused-ring (bicyclic) bond motifs is 1. The standard InChI is InChI=1S/C19H34O3Si/c1-7-11-16(22-23(8-2,9-3)10-4)15-13-19(5,6)18-14(15)12-17(20)21-18/h7,14-16,18H,1,8-13H2,2-6H3/t14-,15-,16+,18-/m1/s1. The number of rotatable bonds is 8. The van der Waals surface area contributed by atoms with E-state index in [1.807, 2.05) is 6.08 Å².